The number of rotatable bonds is 4. The van der Waals surface area contributed by atoms with Gasteiger partial charge >= 0.3 is 5.97 Å². The van der Waals surface area contributed by atoms with E-state index < -0.39 is 12.0 Å². The molecule has 1 aliphatic heterocycles. The van der Waals surface area contributed by atoms with Gasteiger partial charge in [0.05, 0.1) is 0 Å². The second-order valence-corrected chi connectivity index (χ2v) is 5.98. The average Bonchev–Trinajstić information content (AvgIpc) is 2.45. The molecule has 1 atom stereocenters. The molecule has 1 aromatic rings. The van der Waals surface area contributed by atoms with E-state index in [-0.39, 0.29) is 5.91 Å². The molecule has 20 heavy (non-hydrogen) atoms. The number of carboxylic acids is 1. The molecule has 108 valence electrons. The molecule has 5 heteroatoms. The molecular formula is C15H18BrNO3. The van der Waals surface area contributed by atoms with Crippen LogP contribution in [-0.4, -0.2) is 34.5 Å². The molecule has 1 aliphatic rings. The number of amides is 1. The number of nitrogens with zero attached hydrogens (tertiary/aromatic N) is 1. The number of carbonyl (C=O) groups excluding carboxylic acids is 1. The van der Waals surface area contributed by atoms with E-state index in [2.05, 4.69) is 15.9 Å². The van der Waals surface area contributed by atoms with Crippen LogP contribution in [0, 0.1) is 0 Å². The van der Waals surface area contributed by atoms with Crippen molar-refractivity contribution in [2.45, 2.75) is 38.1 Å². The van der Waals surface area contributed by atoms with Gasteiger partial charge in [-0.1, -0.05) is 28.1 Å². The quantitative estimate of drug-likeness (QED) is 0.917. The predicted molar refractivity (Wildman–Crippen MR) is 79.5 cm³/mol. The van der Waals surface area contributed by atoms with Gasteiger partial charge in [0.1, 0.15) is 6.04 Å². The monoisotopic (exact) mass is 339 g/mol. The summed E-state index contributed by atoms with van der Waals surface area (Å²) in [6.45, 7) is 0.564. The highest BCUT2D eigenvalue weighted by Gasteiger charge is 2.31. The molecule has 1 N–H and O–H groups in total. The van der Waals surface area contributed by atoms with Gasteiger partial charge in [0.15, 0.2) is 0 Å². The molecule has 1 aromatic carbocycles. The number of likely N-dealkylation sites (tertiary alicyclic amines) is 1. The third kappa shape index (κ3) is 3.82. The summed E-state index contributed by atoms with van der Waals surface area (Å²) in [5.74, 6) is -0.947. The van der Waals surface area contributed by atoms with Crippen molar-refractivity contribution in [3.8, 4) is 0 Å². The van der Waals surface area contributed by atoms with E-state index in [1.54, 1.807) is 0 Å². The van der Waals surface area contributed by atoms with Crippen LogP contribution < -0.4 is 0 Å². The second kappa shape index (κ2) is 6.88. The molecule has 1 saturated heterocycles. The molecule has 1 heterocycles. The molecule has 0 aliphatic carbocycles. The fourth-order valence-electron chi connectivity index (χ4n) is 2.57. The zero-order valence-electron chi connectivity index (χ0n) is 11.2. The molecule has 0 radical (unpaired) electrons. The van der Waals surface area contributed by atoms with Crippen LogP contribution in [0.1, 0.15) is 31.2 Å². The predicted octanol–water partition coefficient (Wildman–Crippen LogP) is 2.85. The normalized spacial score (nSPS) is 18.9. The molecule has 0 aromatic heterocycles. The third-order valence-corrected chi connectivity index (χ3v) is 4.12. The number of carbonyl (C=O) groups is 2. The van der Waals surface area contributed by atoms with Crippen LogP contribution >= 0.6 is 15.9 Å². The van der Waals surface area contributed by atoms with Gasteiger partial charge in [-0.3, -0.25) is 4.79 Å². The minimum Gasteiger partial charge on any atom is -0.480 e. The first-order chi connectivity index (χ1) is 9.58. The fourth-order valence-corrected chi connectivity index (χ4v) is 3.02. The summed E-state index contributed by atoms with van der Waals surface area (Å²) in [6, 6.07) is 7.20. The lowest BCUT2D eigenvalue weighted by molar-refractivity contribution is -0.152. The minimum atomic E-state index is -0.888. The largest absolute Gasteiger partial charge is 0.480 e. The maximum absolute atomic E-state index is 12.2. The Bertz CT molecular complexity index is 504. The van der Waals surface area contributed by atoms with Crippen molar-refractivity contribution in [3.63, 3.8) is 0 Å². The number of benzene rings is 1. The Hall–Kier alpha value is -1.36. The standard InChI is InChI=1S/C15H18BrNO3/c16-12-5-3-4-11(10-12)7-8-14(18)17-9-2-1-6-13(17)15(19)20/h3-5,10,13H,1-2,6-9H2,(H,19,20)/t13-/m0/s1. The summed E-state index contributed by atoms with van der Waals surface area (Å²) in [6.07, 6.45) is 3.35. The van der Waals surface area contributed by atoms with E-state index >= 15 is 0 Å². The molecule has 4 nitrogen and oxygen atoms in total. The number of hydrogen-bond acceptors (Lipinski definition) is 2. The zero-order valence-corrected chi connectivity index (χ0v) is 12.8. The summed E-state index contributed by atoms with van der Waals surface area (Å²) in [4.78, 5) is 24.9. The summed E-state index contributed by atoms with van der Waals surface area (Å²) < 4.78 is 0.990. The maximum Gasteiger partial charge on any atom is 0.326 e. The minimum absolute atomic E-state index is 0.0583. The lowest BCUT2D eigenvalue weighted by Crippen LogP contribution is -2.48. The molecule has 2 rings (SSSR count). The molecular weight excluding hydrogens is 322 g/mol. The number of aryl methyl sites for hydroxylation is 1. The Labute approximate surface area is 126 Å². The third-order valence-electron chi connectivity index (χ3n) is 3.62. The van der Waals surface area contributed by atoms with Crippen LogP contribution in [0.25, 0.3) is 0 Å². The van der Waals surface area contributed by atoms with Gasteiger partial charge in [-0.05, 0) is 43.4 Å². The smallest absolute Gasteiger partial charge is 0.326 e. The van der Waals surface area contributed by atoms with Gasteiger partial charge in [-0.15, -0.1) is 0 Å². The highest BCUT2D eigenvalue weighted by atomic mass is 79.9. The first kappa shape index (κ1) is 15.0. The highest BCUT2D eigenvalue weighted by molar-refractivity contribution is 9.10. The Morgan fingerprint density at radius 3 is 2.85 bits per heavy atom. The van der Waals surface area contributed by atoms with Crippen molar-refractivity contribution in [1.82, 2.24) is 4.90 Å². The van der Waals surface area contributed by atoms with E-state index in [1.807, 2.05) is 24.3 Å². The van der Waals surface area contributed by atoms with Crippen molar-refractivity contribution >= 4 is 27.8 Å². The second-order valence-electron chi connectivity index (χ2n) is 5.07. The fraction of sp³-hybridized carbons (Fsp3) is 0.467. The molecule has 1 fully saturated rings. The van der Waals surface area contributed by atoms with Crippen LogP contribution in [-0.2, 0) is 16.0 Å². The van der Waals surface area contributed by atoms with Crippen molar-refractivity contribution in [2.24, 2.45) is 0 Å². The SMILES string of the molecule is O=C(O)[C@@H]1CCCCN1C(=O)CCc1cccc(Br)c1. The topological polar surface area (TPSA) is 57.6 Å². The molecule has 0 unspecified atom stereocenters. The van der Waals surface area contributed by atoms with Crippen LogP contribution in [0.15, 0.2) is 28.7 Å². The first-order valence-electron chi connectivity index (χ1n) is 6.84. The van der Waals surface area contributed by atoms with Crippen LogP contribution in [0.2, 0.25) is 0 Å². The Kier molecular flexibility index (Phi) is 5.17. The van der Waals surface area contributed by atoms with Crippen molar-refractivity contribution < 1.29 is 14.7 Å². The molecule has 1 amide bonds. The molecule has 0 bridgehead atoms. The summed E-state index contributed by atoms with van der Waals surface area (Å²) >= 11 is 3.40. The van der Waals surface area contributed by atoms with E-state index in [0.29, 0.717) is 25.8 Å². The summed E-state index contributed by atoms with van der Waals surface area (Å²) in [5.41, 5.74) is 1.08. The molecule has 0 saturated carbocycles. The summed E-state index contributed by atoms with van der Waals surface area (Å²) in [5, 5.41) is 9.18. The zero-order chi connectivity index (χ0) is 14.5. The van der Waals surface area contributed by atoms with Crippen LogP contribution in [0.5, 0.6) is 0 Å². The number of hydrogen-bond donors (Lipinski definition) is 1. The number of halogens is 1. The van der Waals surface area contributed by atoms with Gasteiger partial charge in [-0.2, -0.15) is 0 Å². The Morgan fingerprint density at radius 1 is 1.35 bits per heavy atom. The van der Waals surface area contributed by atoms with Gasteiger partial charge in [0.25, 0.3) is 0 Å². The average molecular weight is 340 g/mol. The highest BCUT2D eigenvalue weighted by Crippen LogP contribution is 2.19. The van der Waals surface area contributed by atoms with Gasteiger partial charge < -0.3 is 10.0 Å². The maximum atomic E-state index is 12.2. The van der Waals surface area contributed by atoms with E-state index in [1.165, 1.54) is 4.90 Å². The Balaban J connectivity index is 1.95. The van der Waals surface area contributed by atoms with Crippen LogP contribution in [0.3, 0.4) is 0 Å². The van der Waals surface area contributed by atoms with Crippen molar-refractivity contribution in [3.05, 3.63) is 34.3 Å². The molecule has 0 spiro atoms. The van der Waals surface area contributed by atoms with E-state index in [4.69, 9.17) is 0 Å². The van der Waals surface area contributed by atoms with Gasteiger partial charge in [0, 0.05) is 17.4 Å². The Morgan fingerprint density at radius 2 is 2.15 bits per heavy atom. The summed E-state index contributed by atoms with van der Waals surface area (Å²) in [7, 11) is 0. The van der Waals surface area contributed by atoms with Gasteiger partial charge in [-0.25, -0.2) is 4.79 Å². The lowest BCUT2D eigenvalue weighted by Gasteiger charge is -2.33. The number of piperidine rings is 1. The lowest BCUT2D eigenvalue weighted by atomic mass is 10.0. The van der Waals surface area contributed by atoms with Crippen molar-refractivity contribution in [1.29, 1.82) is 0 Å². The number of carboxylic acid groups (broad SMARTS) is 1. The number of aliphatic carboxylic acids is 1. The van der Waals surface area contributed by atoms with Gasteiger partial charge in [0.2, 0.25) is 5.91 Å². The van der Waals surface area contributed by atoms with E-state index in [9.17, 15) is 14.7 Å². The van der Waals surface area contributed by atoms with Crippen LogP contribution in [0.4, 0.5) is 0 Å². The first-order valence-corrected chi connectivity index (χ1v) is 7.64. The van der Waals surface area contributed by atoms with Crippen molar-refractivity contribution in [2.75, 3.05) is 6.54 Å². The van der Waals surface area contributed by atoms with E-state index in [0.717, 1.165) is 22.9 Å².